The van der Waals surface area contributed by atoms with Crippen LogP contribution in [0.15, 0.2) is 11.4 Å². The fraction of sp³-hybridized carbons (Fsp3) is 0.667. The van der Waals surface area contributed by atoms with E-state index in [9.17, 15) is 0 Å². The third kappa shape index (κ3) is 3.21. The summed E-state index contributed by atoms with van der Waals surface area (Å²) in [6.07, 6.45) is 4.20. The minimum absolute atomic E-state index is 0.629. The second-order valence-electron chi connectivity index (χ2n) is 4.37. The van der Waals surface area contributed by atoms with Crippen molar-refractivity contribution >= 4 is 11.3 Å². The third-order valence-electron chi connectivity index (χ3n) is 2.92. The van der Waals surface area contributed by atoms with Crippen molar-refractivity contribution in [3.63, 3.8) is 0 Å². The van der Waals surface area contributed by atoms with Crippen molar-refractivity contribution in [3.8, 4) is 5.75 Å². The Labute approximate surface area is 95.6 Å². The van der Waals surface area contributed by atoms with Crippen LogP contribution in [0.25, 0.3) is 0 Å². The predicted molar refractivity (Wildman–Crippen MR) is 64.5 cm³/mol. The van der Waals surface area contributed by atoms with E-state index in [1.165, 1.54) is 24.1 Å². The second kappa shape index (κ2) is 4.99. The Bertz CT molecular complexity index is 306. The Morgan fingerprint density at radius 2 is 2.40 bits per heavy atom. The van der Waals surface area contributed by atoms with Gasteiger partial charge in [-0.25, -0.2) is 0 Å². The quantitative estimate of drug-likeness (QED) is 0.803. The molecular weight excluding hydrogens is 206 g/mol. The molecule has 1 atom stereocenters. The van der Waals surface area contributed by atoms with Gasteiger partial charge in [0.05, 0.1) is 12.0 Å². The first-order valence-corrected chi connectivity index (χ1v) is 6.51. The zero-order valence-corrected chi connectivity index (χ0v) is 10.3. The molecule has 84 valence electrons. The van der Waals surface area contributed by atoms with Gasteiger partial charge < -0.3 is 10.1 Å². The SMILES string of the molecule is COc1ccsc1CNC(C)CC1CC1. The lowest BCUT2D eigenvalue weighted by Crippen LogP contribution is -2.25. The van der Waals surface area contributed by atoms with E-state index in [0.717, 1.165) is 18.2 Å². The Balaban J connectivity index is 1.76. The number of ether oxygens (including phenoxy) is 1. The second-order valence-corrected chi connectivity index (χ2v) is 5.37. The highest BCUT2D eigenvalue weighted by molar-refractivity contribution is 7.10. The van der Waals surface area contributed by atoms with E-state index in [2.05, 4.69) is 17.6 Å². The van der Waals surface area contributed by atoms with Crippen molar-refractivity contribution in [2.24, 2.45) is 5.92 Å². The van der Waals surface area contributed by atoms with Gasteiger partial charge >= 0.3 is 0 Å². The van der Waals surface area contributed by atoms with Gasteiger partial charge in [0.1, 0.15) is 5.75 Å². The Hall–Kier alpha value is -0.540. The van der Waals surface area contributed by atoms with E-state index in [0.29, 0.717) is 6.04 Å². The lowest BCUT2D eigenvalue weighted by atomic mass is 10.1. The topological polar surface area (TPSA) is 21.3 Å². The molecule has 1 heterocycles. The number of methoxy groups -OCH3 is 1. The van der Waals surface area contributed by atoms with Gasteiger partial charge in [-0.2, -0.15) is 0 Å². The molecule has 1 aliphatic rings. The number of hydrogen-bond acceptors (Lipinski definition) is 3. The minimum Gasteiger partial charge on any atom is -0.496 e. The average Bonchev–Trinajstić information content (AvgIpc) is 2.92. The molecule has 0 saturated heterocycles. The molecule has 1 aromatic heterocycles. The highest BCUT2D eigenvalue weighted by atomic mass is 32.1. The van der Waals surface area contributed by atoms with Crippen molar-refractivity contribution in [3.05, 3.63) is 16.3 Å². The summed E-state index contributed by atoms with van der Waals surface area (Å²) in [6, 6.07) is 2.66. The molecule has 2 rings (SSSR count). The van der Waals surface area contributed by atoms with Crippen LogP contribution in [0.3, 0.4) is 0 Å². The lowest BCUT2D eigenvalue weighted by molar-refractivity contribution is 0.407. The summed E-state index contributed by atoms with van der Waals surface area (Å²) in [7, 11) is 1.74. The van der Waals surface area contributed by atoms with Crippen LogP contribution in [0.1, 0.15) is 31.1 Å². The van der Waals surface area contributed by atoms with Gasteiger partial charge in [-0.1, -0.05) is 12.8 Å². The molecule has 1 aromatic rings. The molecule has 1 unspecified atom stereocenters. The maximum Gasteiger partial charge on any atom is 0.134 e. The molecule has 2 nitrogen and oxygen atoms in total. The van der Waals surface area contributed by atoms with Gasteiger partial charge in [-0.3, -0.25) is 0 Å². The molecule has 1 aliphatic carbocycles. The molecule has 1 saturated carbocycles. The molecule has 0 aromatic carbocycles. The Morgan fingerprint density at radius 3 is 3.07 bits per heavy atom. The van der Waals surface area contributed by atoms with E-state index in [-0.39, 0.29) is 0 Å². The zero-order valence-electron chi connectivity index (χ0n) is 9.45. The molecule has 0 spiro atoms. The fourth-order valence-electron chi connectivity index (χ4n) is 1.84. The van der Waals surface area contributed by atoms with Gasteiger partial charge in [-0.05, 0) is 30.7 Å². The molecule has 3 heteroatoms. The van der Waals surface area contributed by atoms with E-state index in [1.807, 2.05) is 6.07 Å². The highest BCUT2D eigenvalue weighted by Crippen LogP contribution is 2.33. The molecular formula is C12H19NOS. The highest BCUT2D eigenvalue weighted by Gasteiger charge is 2.23. The van der Waals surface area contributed by atoms with E-state index in [1.54, 1.807) is 18.4 Å². The molecule has 15 heavy (non-hydrogen) atoms. The monoisotopic (exact) mass is 225 g/mol. The standard InChI is InChI=1S/C12H19NOS/c1-9(7-10-3-4-10)13-8-12-11(14-2)5-6-15-12/h5-6,9-10,13H,3-4,7-8H2,1-2H3. The van der Waals surface area contributed by atoms with Crippen LogP contribution in [0.2, 0.25) is 0 Å². The normalized spacial score (nSPS) is 17.7. The number of thiophene rings is 1. The number of rotatable bonds is 6. The Morgan fingerprint density at radius 1 is 1.60 bits per heavy atom. The summed E-state index contributed by atoms with van der Waals surface area (Å²) in [4.78, 5) is 1.31. The largest absolute Gasteiger partial charge is 0.496 e. The maximum atomic E-state index is 5.28. The molecule has 1 fully saturated rings. The van der Waals surface area contributed by atoms with Crippen LogP contribution in [-0.4, -0.2) is 13.2 Å². The summed E-state index contributed by atoms with van der Waals surface area (Å²) in [5.41, 5.74) is 0. The average molecular weight is 225 g/mol. The van der Waals surface area contributed by atoms with Crippen LogP contribution in [0.5, 0.6) is 5.75 Å². The fourth-order valence-corrected chi connectivity index (χ4v) is 2.63. The predicted octanol–water partition coefficient (Wildman–Crippen LogP) is 3.03. The van der Waals surface area contributed by atoms with Gasteiger partial charge in [0.2, 0.25) is 0 Å². The van der Waals surface area contributed by atoms with E-state index in [4.69, 9.17) is 4.74 Å². The molecule has 0 aliphatic heterocycles. The molecule has 1 N–H and O–H groups in total. The first-order valence-electron chi connectivity index (χ1n) is 5.63. The van der Waals surface area contributed by atoms with Crippen molar-refractivity contribution < 1.29 is 4.74 Å². The van der Waals surface area contributed by atoms with Crippen molar-refractivity contribution in [1.29, 1.82) is 0 Å². The Kier molecular flexibility index (Phi) is 3.65. The number of hydrogen-bond donors (Lipinski definition) is 1. The third-order valence-corrected chi connectivity index (χ3v) is 3.82. The smallest absolute Gasteiger partial charge is 0.134 e. The lowest BCUT2D eigenvalue weighted by Gasteiger charge is -2.12. The molecule has 0 radical (unpaired) electrons. The van der Waals surface area contributed by atoms with E-state index >= 15 is 0 Å². The van der Waals surface area contributed by atoms with Gasteiger partial charge in [0, 0.05) is 12.6 Å². The first-order chi connectivity index (χ1) is 7.29. The van der Waals surface area contributed by atoms with Crippen molar-refractivity contribution in [1.82, 2.24) is 5.32 Å². The van der Waals surface area contributed by atoms with Crippen LogP contribution in [-0.2, 0) is 6.54 Å². The van der Waals surface area contributed by atoms with Crippen LogP contribution < -0.4 is 10.1 Å². The summed E-state index contributed by atoms with van der Waals surface area (Å²) >= 11 is 1.76. The van der Waals surface area contributed by atoms with E-state index < -0.39 is 0 Å². The van der Waals surface area contributed by atoms with Gasteiger partial charge in [0.15, 0.2) is 0 Å². The summed E-state index contributed by atoms with van der Waals surface area (Å²) in [5.74, 6) is 2.02. The van der Waals surface area contributed by atoms with Crippen LogP contribution >= 0.6 is 11.3 Å². The van der Waals surface area contributed by atoms with Crippen molar-refractivity contribution in [2.75, 3.05) is 7.11 Å². The summed E-state index contributed by atoms with van der Waals surface area (Å²) in [6.45, 7) is 3.22. The zero-order chi connectivity index (χ0) is 10.7. The van der Waals surface area contributed by atoms with Gasteiger partial charge in [-0.15, -0.1) is 11.3 Å². The summed E-state index contributed by atoms with van der Waals surface area (Å²) in [5, 5.41) is 5.65. The van der Waals surface area contributed by atoms with Crippen LogP contribution in [0.4, 0.5) is 0 Å². The van der Waals surface area contributed by atoms with Gasteiger partial charge in [0.25, 0.3) is 0 Å². The number of nitrogens with one attached hydrogen (secondary N) is 1. The summed E-state index contributed by atoms with van der Waals surface area (Å²) < 4.78 is 5.28. The van der Waals surface area contributed by atoms with Crippen molar-refractivity contribution in [2.45, 2.75) is 38.8 Å². The molecule has 0 bridgehead atoms. The minimum atomic E-state index is 0.629. The van der Waals surface area contributed by atoms with Crippen LogP contribution in [0, 0.1) is 5.92 Å². The first kappa shape index (κ1) is 11.0. The maximum absolute atomic E-state index is 5.28. The molecule has 0 amide bonds.